The van der Waals surface area contributed by atoms with Gasteiger partial charge in [-0.3, -0.25) is 9.69 Å². The summed E-state index contributed by atoms with van der Waals surface area (Å²) in [6.45, 7) is 11.5. The molecular formula is C26H32ClN3O3. The van der Waals surface area contributed by atoms with Crippen molar-refractivity contribution in [2.75, 3.05) is 18.5 Å². The maximum atomic E-state index is 13.2. The van der Waals surface area contributed by atoms with Crippen LogP contribution in [0.1, 0.15) is 45.6 Å². The van der Waals surface area contributed by atoms with Gasteiger partial charge in [0.1, 0.15) is 11.6 Å². The molecule has 176 valence electrons. The van der Waals surface area contributed by atoms with E-state index in [4.69, 9.17) is 21.1 Å². The van der Waals surface area contributed by atoms with Crippen LogP contribution in [0.3, 0.4) is 0 Å². The van der Waals surface area contributed by atoms with Crippen molar-refractivity contribution in [1.29, 1.82) is 0 Å². The summed E-state index contributed by atoms with van der Waals surface area (Å²) >= 11 is 6.88. The summed E-state index contributed by atoms with van der Waals surface area (Å²) in [4.78, 5) is 15.0. The van der Waals surface area contributed by atoms with Crippen molar-refractivity contribution in [2.45, 2.75) is 57.7 Å². The molecule has 0 bridgehead atoms. The van der Waals surface area contributed by atoms with Crippen LogP contribution < -0.4 is 15.4 Å². The molecule has 2 N–H and O–H groups in total. The molecule has 0 spiro atoms. The zero-order chi connectivity index (χ0) is 23.6. The second kappa shape index (κ2) is 9.65. The molecule has 2 aromatic carbocycles. The van der Waals surface area contributed by atoms with E-state index in [1.54, 1.807) is 4.90 Å². The summed E-state index contributed by atoms with van der Waals surface area (Å²) in [7, 11) is 0. The van der Waals surface area contributed by atoms with Gasteiger partial charge in [0, 0.05) is 31.0 Å². The molecule has 2 heterocycles. The molecular weight excluding hydrogens is 438 g/mol. The Hall–Kier alpha value is -2.70. The Labute approximate surface area is 200 Å². The van der Waals surface area contributed by atoms with Crippen molar-refractivity contribution in [3.05, 3.63) is 65.5 Å². The molecule has 7 heteroatoms. The highest BCUT2D eigenvalue weighted by Gasteiger charge is 2.42. The van der Waals surface area contributed by atoms with Gasteiger partial charge in [-0.15, -0.1) is 0 Å². The first-order chi connectivity index (χ1) is 15.8. The Morgan fingerprint density at radius 2 is 1.97 bits per heavy atom. The number of benzene rings is 2. The van der Waals surface area contributed by atoms with Crippen LogP contribution in [0.5, 0.6) is 5.75 Å². The Bertz CT molecular complexity index is 1020. The minimum Gasteiger partial charge on any atom is -0.491 e. The third kappa shape index (κ3) is 5.12. The van der Waals surface area contributed by atoms with Gasteiger partial charge in [0.2, 0.25) is 5.91 Å². The predicted molar refractivity (Wildman–Crippen MR) is 132 cm³/mol. The van der Waals surface area contributed by atoms with Gasteiger partial charge in [-0.05, 0) is 57.4 Å². The van der Waals surface area contributed by atoms with E-state index in [9.17, 15) is 4.79 Å². The lowest BCUT2D eigenvalue weighted by atomic mass is 9.85. The molecule has 1 amide bonds. The number of hydrogen-bond acceptors (Lipinski definition) is 5. The maximum absolute atomic E-state index is 13.2. The van der Waals surface area contributed by atoms with Crippen LogP contribution in [0.4, 0.5) is 11.4 Å². The third-order valence-electron chi connectivity index (χ3n) is 6.12. The van der Waals surface area contributed by atoms with Crippen LogP contribution >= 0.6 is 11.6 Å². The molecule has 2 aliphatic rings. The van der Waals surface area contributed by atoms with Crippen molar-refractivity contribution in [3.63, 3.8) is 0 Å². The number of carbonyl (C=O) groups is 1. The lowest BCUT2D eigenvalue weighted by Gasteiger charge is -2.46. The van der Waals surface area contributed by atoms with E-state index < -0.39 is 5.54 Å². The van der Waals surface area contributed by atoms with Gasteiger partial charge in [-0.2, -0.15) is 0 Å². The topological polar surface area (TPSA) is 62.8 Å². The molecule has 0 aromatic heterocycles. The van der Waals surface area contributed by atoms with E-state index in [1.807, 2.05) is 63.2 Å². The van der Waals surface area contributed by atoms with Gasteiger partial charge in [0.15, 0.2) is 0 Å². The minimum absolute atomic E-state index is 0.0566. The zero-order valence-electron chi connectivity index (χ0n) is 19.5. The molecule has 33 heavy (non-hydrogen) atoms. The predicted octanol–water partition coefficient (Wildman–Crippen LogP) is 5.56. The lowest BCUT2D eigenvalue weighted by Crippen LogP contribution is -2.57. The number of halogens is 1. The van der Waals surface area contributed by atoms with Crippen LogP contribution in [0, 0.1) is 0 Å². The summed E-state index contributed by atoms with van der Waals surface area (Å²) in [6.07, 6.45) is 2.03. The Balaban J connectivity index is 1.56. The molecule has 0 radical (unpaired) electrons. The van der Waals surface area contributed by atoms with Crippen LogP contribution in [0.15, 0.2) is 54.9 Å². The first-order valence-electron chi connectivity index (χ1n) is 11.5. The third-order valence-corrected chi connectivity index (χ3v) is 6.53. The normalized spacial score (nSPS) is 21.8. The highest BCUT2D eigenvalue weighted by atomic mass is 35.5. The summed E-state index contributed by atoms with van der Waals surface area (Å²) in [5, 5.41) is 7.45. The smallest absolute Gasteiger partial charge is 0.231 e. The van der Waals surface area contributed by atoms with E-state index in [2.05, 4.69) is 17.2 Å². The first kappa shape index (κ1) is 23.5. The SMILES string of the molecule is C=C1N[C@](C)(c2cccc(Nc3cccc(OC(C)C)c3)c2Cl)CC(=O)N1C1CCOCC1. The highest BCUT2D eigenvalue weighted by molar-refractivity contribution is 6.34. The molecule has 0 unspecified atom stereocenters. The van der Waals surface area contributed by atoms with Crippen molar-refractivity contribution >= 4 is 28.9 Å². The molecule has 0 saturated carbocycles. The molecule has 1 atom stereocenters. The van der Waals surface area contributed by atoms with E-state index >= 15 is 0 Å². The average Bonchev–Trinajstić information content (AvgIpc) is 2.75. The number of hydrogen-bond donors (Lipinski definition) is 2. The van der Waals surface area contributed by atoms with Gasteiger partial charge in [0.05, 0.1) is 28.8 Å². The van der Waals surface area contributed by atoms with Gasteiger partial charge >= 0.3 is 0 Å². The second-order valence-electron chi connectivity index (χ2n) is 9.17. The second-order valence-corrected chi connectivity index (χ2v) is 9.55. The van der Waals surface area contributed by atoms with Crippen LogP contribution in [-0.2, 0) is 15.1 Å². The fourth-order valence-electron chi connectivity index (χ4n) is 4.62. The average molecular weight is 470 g/mol. The number of nitrogens with zero attached hydrogens (tertiary/aromatic N) is 1. The fraction of sp³-hybridized carbons (Fsp3) is 0.423. The number of amides is 1. The van der Waals surface area contributed by atoms with Gasteiger partial charge in [-0.25, -0.2) is 0 Å². The van der Waals surface area contributed by atoms with Crippen LogP contribution in [-0.4, -0.2) is 36.2 Å². The minimum atomic E-state index is -0.660. The lowest BCUT2D eigenvalue weighted by molar-refractivity contribution is -0.137. The summed E-state index contributed by atoms with van der Waals surface area (Å²) in [6, 6.07) is 13.7. The van der Waals surface area contributed by atoms with Crippen molar-refractivity contribution in [3.8, 4) is 5.75 Å². The van der Waals surface area contributed by atoms with E-state index in [-0.39, 0.29) is 18.1 Å². The molecule has 2 saturated heterocycles. The maximum Gasteiger partial charge on any atom is 0.231 e. The van der Waals surface area contributed by atoms with Crippen molar-refractivity contribution in [2.24, 2.45) is 0 Å². The zero-order valence-corrected chi connectivity index (χ0v) is 20.2. The van der Waals surface area contributed by atoms with E-state index in [0.717, 1.165) is 35.5 Å². The molecule has 2 aliphatic heterocycles. The van der Waals surface area contributed by atoms with Crippen LogP contribution in [0.2, 0.25) is 5.02 Å². The largest absolute Gasteiger partial charge is 0.491 e. The Morgan fingerprint density at radius 3 is 2.67 bits per heavy atom. The van der Waals surface area contributed by atoms with Crippen LogP contribution in [0.25, 0.3) is 0 Å². The van der Waals surface area contributed by atoms with Crippen molar-refractivity contribution < 1.29 is 14.3 Å². The number of rotatable bonds is 6. The number of carbonyl (C=O) groups excluding carboxylic acids is 1. The summed E-state index contributed by atoms with van der Waals surface area (Å²) in [5.74, 6) is 1.47. The summed E-state index contributed by atoms with van der Waals surface area (Å²) < 4.78 is 11.3. The van der Waals surface area contributed by atoms with E-state index in [0.29, 0.717) is 30.5 Å². The molecule has 2 fully saturated rings. The highest BCUT2D eigenvalue weighted by Crippen LogP contribution is 2.40. The number of anilines is 2. The molecule has 0 aliphatic carbocycles. The Morgan fingerprint density at radius 1 is 1.24 bits per heavy atom. The standard InChI is InChI=1S/C26H32ClN3O3/c1-17(2)33-21-8-5-7-19(15-21)28-23-10-6-9-22(25(23)27)26(4)16-24(31)30(18(3)29-26)20-11-13-32-14-12-20/h5-10,15,17,20,28-29H,3,11-14,16H2,1-2,4H3/t26-/m0/s1. The molecule has 4 rings (SSSR count). The monoisotopic (exact) mass is 469 g/mol. The first-order valence-corrected chi connectivity index (χ1v) is 11.8. The quantitative estimate of drug-likeness (QED) is 0.580. The van der Waals surface area contributed by atoms with Gasteiger partial charge in [-0.1, -0.05) is 36.4 Å². The molecule has 2 aromatic rings. The number of ether oxygens (including phenoxy) is 2. The Kier molecular flexibility index (Phi) is 6.86. The van der Waals surface area contributed by atoms with Gasteiger partial charge in [0.25, 0.3) is 0 Å². The summed E-state index contributed by atoms with van der Waals surface area (Å²) in [5.41, 5.74) is 1.83. The number of nitrogens with one attached hydrogen (secondary N) is 2. The van der Waals surface area contributed by atoms with Crippen molar-refractivity contribution in [1.82, 2.24) is 10.2 Å². The van der Waals surface area contributed by atoms with Gasteiger partial charge < -0.3 is 20.1 Å². The fourth-order valence-corrected chi connectivity index (χ4v) is 5.00. The van der Waals surface area contributed by atoms with E-state index in [1.165, 1.54) is 0 Å². The molecule has 6 nitrogen and oxygen atoms in total.